The number of H-pyrrole nitrogens is 1. The second-order valence-corrected chi connectivity index (χ2v) is 8.93. The topological polar surface area (TPSA) is 200 Å². The monoisotopic (exact) mass is 502 g/mol. The van der Waals surface area contributed by atoms with Crippen LogP contribution in [0.25, 0.3) is 0 Å². The summed E-state index contributed by atoms with van der Waals surface area (Å²) in [5, 5.41) is 26.8. The van der Waals surface area contributed by atoms with Gasteiger partial charge in [-0.05, 0) is 18.4 Å². The molecule has 0 bridgehead atoms. The average molecular weight is 503 g/mol. The normalized spacial score (nSPS) is 15.3. The molecule has 0 aliphatic rings. The van der Waals surface area contributed by atoms with Gasteiger partial charge in [-0.3, -0.25) is 14.4 Å². The molecule has 5 atom stereocenters. The Labute approximate surface area is 209 Å². The van der Waals surface area contributed by atoms with Gasteiger partial charge in [-0.25, -0.2) is 9.78 Å². The molecule has 0 spiro atoms. The van der Waals surface area contributed by atoms with Crippen molar-refractivity contribution in [3.8, 4) is 0 Å². The Hall–Kier alpha value is -3.77. The third kappa shape index (κ3) is 8.47. The molecule has 0 aliphatic carbocycles. The van der Waals surface area contributed by atoms with E-state index >= 15 is 0 Å². The van der Waals surface area contributed by atoms with Gasteiger partial charge in [0.05, 0.1) is 12.4 Å². The predicted molar refractivity (Wildman–Crippen MR) is 130 cm³/mol. The highest BCUT2D eigenvalue weighted by atomic mass is 16.4. The van der Waals surface area contributed by atoms with Crippen LogP contribution >= 0.6 is 0 Å². The van der Waals surface area contributed by atoms with Crippen molar-refractivity contribution in [1.82, 2.24) is 25.9 Å². The summed E-state index contributed by atoms with van der Waals surface area (Å²) in [4.78, 5) is 57.1. The molecular weight excluding hydrogens is 468 g/mol. The molecule has 1 aromatic heterocycles. The average Bonchev–Trinajstić information content (AvgIpc) is 3.34. The number of aliphatic hydroxyl groups excluding tert-OH is 1. The van der Waals surface area contributed by atoms with Crippen LogP contribution in [0.3, 0.4) is 0 Å². The predicted octanol–water partition coefficient (Wildman–Crippen LogP) is -0.902. The molecule has 1 aromatic carbocycles. The van der Waals surface area contributed by atoms with Crippen LogP contribution in [0.1, 0.15) is 32.0 Å². The second-order valence-electron chi connectivity index (χ2n) is 8.93. The Morgan fingerprint density at radius 1 is 0.944 bits per heavy atom. The molecule has 0 fully saturated rings. The van der Waals surface area contributed by atoms with Gasteiger partial charge < -0.3 is 36.9 Å². The van der Waals surface area contributed by atoms with Crippen LogP contribution in [0.15, 0.2) is 42.9 Å². The first-order chi connectivity index (χ1) is 17.0. The first-order valence-corrected chi connectivity index (χ1v) is 11.6. The molecule has 5 unspecified atom stereocenters. The Kier molecular flexibility index (Phi) is 10.6. The highest BCUT2D eigenvalue weighted by Gasteiger charge is 2.32. The maximum absolute atomic E-state index is 13.2. The number of carboxylic acids is 1. The Balaban J connectivity index is 2.18. The molecule has 36 heavy (non-hydrogen) atoms. The van der Waals surface area contributed by atoms with Crippen molar-refractivity contribution in [1.29, 1.82) is 0 Å². The van der Waals surface area contributed by atoms with Crippen LogP contribution in [0, 0.1) is 5.92 Å². The van der Waals surface area contributed by atoms with E-state index in [0.29, 0.717) is 5.69 Å². The molecule has 2 aromatic rings. The van der Waals surface area contributed by atoms with E-state index in [1.807, 2.05) is 6.07 Å². The minimum absolute atomic E-state index is 0.0241. The van der Waals surface area contributed by atoms with Gasteiger partial charge in [-0.1, -0.05) is 44.2 Å². The molecule has 1 heterocycles. The number of carbonyl (C=O) groups is 4. The number of aromatic nitrogens is 2. The van der Waals surface area contributed by atoms with E-state index in [1.165, 1.54) is 19.4 Å². The smallest absolute Gasteiger partial charge is 0.326 e. The van der Waals surface area contributed by atoms with Crippen LogP contribution < -0.4 is 21.7 Å². The van der Waals surface area contributed by atoms with Gasteiger partial charge >= 0.3 is 5.97 Å². The Bertz CT molecular complexity index is 1010. The van der Waals surface area contributed by atoms with Gasteiger partial charge in [-0.15, -0.1) is 0 Å². The number of nitrogens with one attached hydrogen (secondary N) is 4. The number of benzene rings is 1. The molecular formula is C24H34N6O6. The Morgan fingerprint density at radius 3 is 2.11 bits per heavy atom. The summed E-state index contributed by atoms with van der Waals surface area (Å²) >= 11 is 0. The van der Waals surface area contributed by atoms with Crippen molar-refractivity contribution in [2.45, 2.75) is 63.9 Å². The van der Waals surface area contributed by atoms with Gasteiger partial charge in [0.25, 0.3) is 0 Å². The van der Waals surface area contributed by atoms with Crippen molar-refractivity contribution in [2.24, 2.45) is 11.7 Å². The standard InChI is InChI=1S/C24H34N6O6/c1-13(2)20(23(34)29-18(24(35)36)10-16-11-26-12-27-16)30-21(32)17(9-15-7-5-4-6-8-15)28-22(33)19(25)14(3)31/h4-8,11-14,17-20,31H,9-10,25H2,1-3H3,(H,26,27)(H,28,33)(H,29,34)(H,30,32)(H,35,36). The molecule has 0 saturated heterocycles. The number of nitrogens with zero attached hydrogens (tertiary/aromatic N) is 1. The number of hydrogen-bond acceptors (Lipinski definition) is 7. The maximum Gasteiger partial charge on any atom is 0.326 e. The van der Waals surface area contributed by atoms with E-state index in [4.69, 9.17) is 5.73 Å². The summed E-state index contributed by atoms with van der Waals surface area (Å²) in [6.07, 6.45) is 1.80. The van der Waals surface area contributed by atoms with Crippen molar-refractivity contribution in [2.75, 3.05) is 0 Å². The summed E-state index contributed by atoms with van der Waals surface area (Å²) in [6, 6.07) is 4.25. The number of carboxylic acid groups (broad SMARTS) is 1. The van der Waals surface area contributed by atoms with Crippen LogP contribution in [0.2, 0.25) is 0 Å². The van der Waals surface area contributed by atoms with Gasteiger partial charge in [0.15, 0.2) is 0 Å². The molecule has 8 N–H and O–H groups in total. The number of hydrogen-bond donors (Lipinski definition) is 7. The highest BCUT2D eigenvalue weighted by Crippen LogP contribution is 2.08. The zero-order valence-electron chi connectivity index (χ0n) is 20.5. The van der Waals surface area contributed by atoms with Crippen molar-refractivity contribution < 1.29 is 29.4 Å². The molecule has 0 saturated carbocycles. The fourth-order valence-electron chi connectivity index (χ4n) is 3.41. The van der Waals surface area contributed by atoms with E-state index in [9.17, 15) is 29.4 Å². The lowest BCUT2D eigenvalue weighted by Crippen LogP contribution is -2.59. The highest BCUT2D eigenvalue weighted by molar-refractivity contribution is 5.94. The fourth-order valence-corrected chi connectivity index (χ4v) is 3.41. The number of aromatic amines is 1. The number of rotatable bonds is 13. The quantitative estimate of drug-likeness (QED) is 0.183. The van der Waals surface area contributed by atoms with Crippen LogP contribution in [-0.2, 0) is 32.0 Å². The zero-order chi connectivity index (χ0) is 26.8. The summed E-state index contributed by atoms with van der Waals surface area (Å²) < 4.78 is 0. The summed E-state index contributed by atoms with van der Waals surface area (Å²) in [5.74, 6) is -3.70. The van der Waals surface area contributed by atoms with Crippen LogP contribution in [0.5, 0.6) is 0 Å². The van der Waals surface area contributed by atoms with E-state index in [2.05, 4.69) is 25.9 Å². The minimum atomic E-state index is -1.25. The molecule has 196 valence electrons. The van der Waals surface area contributed by atoms with Crippen molar-refractivity contribution in [3.63, 3.8) is 0 Å². The molecule has 3 amide bonds. The van der Waals surface area contributed by atoms with Gasteiger partial charge in [0.2, 0.25) is 17.7 Å². The van der Waals surface area contributed by atoms with Crippen molar-refractivity contribution in [3.05, 3.63) is 54.1 Å². The third-order valence-electron chi connectivity index (χ3n) is 5.58. The van der Waals surface area contributed by atoms with Gasteiger partial charge in [0.1, 0.15) is 24.2 Å². The number of nitrogens with two attached hydrogens (primary N) is 1. The summed E-state index contributed by atoms with van der Waals surface area (Å²) in [6.45, 7) is 4.75. The van der Waals surface area contributed by atoms with E-state index < -0.39 is 59.9 Å². The van der Waals surface area contributed by atoms with Crippen LogP contribution in [0.4, 0.5) is 0 Å². The zero-order valence-corrected chi connectivity index (χ0v) is 20.5. The van der Waals surface area contributed by atoms with E-state index in [-0.39, 0.29) is 12.8 Å². The fraction of sp³-hybridized carbons (Fsp3) is 0.458. The number of imidazole rings is 1. The third-order valence-corrected chi connectivity index (χ3v) is 5.58. The van der Waals surface area contributed by atoms with Gasteiger partial charge in [0, 0.05) is 24.7 Å². The maximum atomic E-state index is 13.2. The van der Waals surface area contributed by atoms with E-state index in [1.54, 1.807) is 38.1 Å². The second kappa shape index (κ2) is 13.4. The van der Waals surface area contributed by atoms with Gasteiger partial charge in [-0.2, -0.15) is 0 Å². The lowest BCUT2D eigenvalue weighted by molar-refractivity contribution is -0.142. The first kappa shape index (κ1) is 28.5. The number of carbonyl (C=O) groups excluding carboxylic acids is 3. The minimum Gasteiger partial charge on any atom is -0.480 e. The number of aliphatic carboxylic acids is 1. The molecule has 2 rings (SSSR count). The summed E-state index contributed by atoms with van der Waals surface area (Å²) in [7, 11) is 0. The van der Waals surface area contributed by atoms with Crippen LogP contribution in [-0.4, -0.2) is 74.1 Å². The molecule has 0 radical (unpaired) electrons. The number of amides is 3. The SMILES string of the molecule is CC(C)C(NC(=O)C(Cc1ccccc1)NC(=O)C(N)C(C)O)C(=O)NC(Cc1cnc[nH]1)C(=O)O. The Morgan fingerprint density at radius 2 is 1.58 bits per heavy atom. The lowest BCUT2D eigenvalue weighted by Gasteiger charge is -2.27. The molecule has 0 aliphatic heterocycles. The first-order valence-electron chi connectivity index (χ1n) is 11.6. The lowest BCUT2D eigenvalue weighted by atomic mass is 10.00. The van der Waals surface area contributed by atoms with E-state index in [0.717, 1.165) is 5.56 Å². The summed E-state index contributed by atoms with van der Waals surface area (Å²) in [5.41, 5.74) is 6.99. The number of aliphatic hydroxyl groups is 1. The largest absolute Gasteiger partial charge is 0.480 e. The molecule has 12 nitrogen and oxygen atoms in total. The van der Waals surface area contributed by atoms with Crippen molar-refractivity contribution >= 4 is 23.7 Å². The molecule has 12 heteroatoms.